The largest absolute Gasteiger partial charge is 0.341 e. The highest BCUT2D eigenvalue weighted by Crippen LogP contribution is 2.27. The average molecular weight is 258 g/mol. The van der Waals surface area contributed by atoms with Crippen molar-refractivity contribution in [2.45, 2.75) is 19.4 Å². The Balaban J connectivity index is 2.51. The molecule has 0 aliphatic heterocycles. The molecule has 86 valence electrons. The highest BCUT2D eigenvalue weighted by molar-refractivity contribution is 6.42. The number of benzene rings is 1. The van der Waals surface area contributed by atoms with E-state index >= 15 is 0 Å². The van der Waals surface area contributed by atoms with Gasteiger partial charge >= 0.3 is 0 Å². The Kier molecular flexibility index (Phi) is 3.38. The normalized spacial score (nSPS) is 13.2. The van der Waals surface area contributed by atoms with Gasteiger partial charge in [0.2, 0.25) is 0 Å². The summed E-state index contributed by atoms with van der Waals surface area (Å²) < 4.78 is 0. The second kappa shape index (κ2) is 4.62. The molecule has 2 rings (SSSR count). The van der Waals surface area contributed by atoms with Crippen LogP contribution in [0, 0.1) is 0 Å². The molecule has 0 fully saturated rings. The number of hydrogen-bond acceptors (Lipinski definition) is 2. The minimum absolute atomic E-state index is 0.227. The van der Waals surface area contributed by atoms with Crippen LogP contribution in [0.3, 0.4) is 0 Å². The van der Waals surface area contributed by atoms with E-state index in [1.807, 2.05) is 7.05 Å². The van der Waals surface area contributed by atoms with Crippen molar-refractivity contribution in [3.8, 4) is 0 Å². The van der Waals surface area contributed by atoms with E-state index in [1.165, 1.54) is 0 Å². The maximum atomic E-state index is 5.95. The van der Waals surface area contributed by atoms with E-state index in [0.717, 1.165) is 23.3 Å². The molecule has 0 amide bonds. The summed E-state index contributed by atoms with van der Waals surface area (Å²) in [6.07, 6.45) is 0.970. The van der Waals surface area contributed by atoms with E-state index in [4.69, 9.17) is 23.2 Å². The Morgan fingerprint density at radius 2 is 2.06 bits per heavy atom. The van der Waals surface area contributed by atoms with Crippen molar-refractivity contribution in [2.24, 2.45) is 0 Å². The first kappa shape index (κ1) is 11.7. The van der Waals surface area contributed by atoms with Crippen LogP contribution in [0.5, 0.6) is 0 Å². The van der Waals surface area contributed by atoms with Crippen LogP contribution in [-0.2, 0) is 0 Å². The van der Waals surface area contributed by atoms with Crippen molar-refractivity contribution >= 4 is 34.2 Å². The number of halogens is 2. The molecular weight excluding hydrogens is 245 g/mol. The molecule has 0 aliphatic rings. The first-order valence-corrected chi connectivity index (χ1v) is 5.93. The van der Waals surface area contributed by atoms with Crippen LogP contribution in [0.15, 0.2) is 12.1 Å². The molecule has 2 N–H and O–H groups in total. The van der Waals surface area contributed by atoms with E-state index in [0.29, 0.717) is 10.0 Å². The molecule has 0 bridgehead atoms. The van der Waals surface area contributed by atoms with Crippen LogP contribution >= 0.6 is 23.2 Å². The number of aromatic nitrogens is 2. The minimum atomic E-state index is 0.227. The van der Waals surface area contributed by atoms with Crippen molar-refractivity contribution in [1.29, 1.82) is 0 Å². The number of hydrogen-bond donors (Lipinski definition) is 2. The third kappa shape index (κ3) is 2.03. The molecule has 1 aromatic carbocycles. The van der Waals surface area contributed by atoms with Gasteiger partial charge in [0.1, 0.15) is 5.82 Å². The van der Waals surface area contributed by atoms with Crippen molar-refractivity contribution < 1.29 is 0 Å². The van der Waals surface area contributed by atoms with Gasteiger partial charge in [-0.25, -0.2) is 4.98 Å². The topological polar surface area (TPSA) is 40.7 Å². The molecule has 5 heteroatoms. The average Bonchev–Trinajstić information content (AvgIpc) is 2.63. The lowest BCUT2D eigenvalue weighted by atomic mass is 10.2. The van der Waals surface area contributed by atoms with Crippen molar-refractivity contribution in [3.05, 3.63) is 28.0 Å². The van der Waals surface area contributed by atoms with E-state index in [-0.39, 0.29) is 6.04 Å². The zero-order valence-electron chi connectivity index (χ0n) is 9.14. The Morgan fingerprint density at radius 3 is 2.69 bits per heavy atom. The number of rotatable bonds is 3. The molecule has 0 aliphatic carbocycles. The predicted octanol–water partition coefficient (Wildman–Crippen LogP) is 3.54. The number of imidazole rings is 1. The third-order valence-corrected chi connectivity index (χ3v) is 3.35. The fraction of sp³-hybridized carbons (Fsp3) is 0.364. The zero-order chi connectivity index (χ0) is 11.7. The lowest BCUT2D eigenvalue weighted by Gasteiger charge is -2.09. The van der Waals surface area contributed by atoms with Crippen LogP contribution in [0.2, 0.25) is 10.0 Å². The zero-order valence-corrected chi connectivity index (χ0v) is 10.7. The maximum absolute atomic E-state index is 5.95. The molecule has 0 saturated carbocycles. The Hall–Kier alpha value is -0.770. The van der Waals surface area contributed by atoms with Crippen molar-refractivity contribution in [2.75, 3.05) is 7.05 Å². The summed E-state index contributed by atoms with van der Waals surface area (Å²) in [5.41, 5.74) is 1.76. The second-order valence-corrected chi connectivity index (χ2v) is 4.47. The maximum Gasteiger partial charge on any atom is 0.124 e. The lowest BCUT2D eigenvalue weighted by molar-refractivity contribution is 0.551. The summed E-state index contributed by atoms with van der Waals surface area (Å²) in [4.78, 5) is 7.74. The summed E-state index contributed by atoms with van der Waals surface area (Å²) in [6, 6.07) is 3.81. The molecule has 0 saturated heterocycles. The van der Waals surface area contributed by atoms with Crippen LogP contribution < -0.4 is 5.32 Å². The monoisotopic (exact) mass is 257 g/mol. The standard InChI is InChI=1S/C11H13Cl2N3/c1-3-8(14-2)11-15-9-4-6(12)7(13)5-10(9)16-11/h4-5,8,14H,3H2,1-2H3,(H,15,16). The van der Waals surface area contributed by atoms with Gasteiger partial charge in [-0.3, -0.25) is 0 Å². The lowest BCUT2D eigenvalue weighted by Crippen LogP contribution is -2.16. The molecule has 1 atom stereocenters. The van der Waals surface area contributed by atoms with Gasteiger partial charge in [-0.1, -0.05) is 30.1 Å². The summed E-state index contributed by atoms with van der Waals surface area (Å²) in [7, 11) is 1.92. The summed E-state index contributed by atoms with van der Waals surface area (Å²) in [5.74, 6) is 0.915. The van der Waals surface area contributed by atoms with Gasteiger partial charge in [0.25, 0.3) is 0 Å². The number of H-pyrrole nitrogens is 1. The molecular formula is C11H13Cl2N3. The molecule has 0 radical (unpaired) electrons. The van der Waals surface area contributed by atoms with Gasteiger partial charge in [0, 0.05) is 0 Å². The summed E-state index contributed by atoms with van der Waals surface area (Å²) in [5, 5.41) is 4.27. The molecule has 1 aromatic heterocycles. The van der Waals surface area contributed by atoms with Crippen LogP contribution in [0.1, 0.15) is 25.2 Å². The molecule has 0 spiro atoms. The van der Waals surface area contributed by atoms with Crippen LogP contribution in [-0.4, -0.2) is 17.0 Å². The van der Waals surface area contributed by atoms with E-state index in [2.05, 4.69) is 22.2 Å². The summed E-state index contributed by atoms with van der Waals surface area (Å²) in [6.45, 7) is 2.11. The second-order valence-electron chi connectivity index (χ2n) is 3.66. The van der Waals surface area contributed by atoms with Gasteiger partial charge in [0.15, 0.2) is 0 Å². The quantitative estimate of drug-likeness (QED) is 0.883. The predicted molar refractivity (Wildman–Crippen MR) is 68.2 cm³/mol. The fourth-order valence-corrected chi connectivity index (χ4v) is 2.05. The molecule has 16 heavy (non-hydrogen) atoms. The molecule has 2 aromatic rings. The minimum Gasteiger partial charge on any atom is -0.341 e. The number of nitrogens with one attached hydrogen (secondary N) is 2. The van der Waals surface area contributed by atoms with Crippen LogP contribution in [0.25, 0.3) is 11.0 Å². The van der Waals surface area contributed by atoms with Crippen LogP contribution in [0.4, 0.5) is 0 Å². The van der Waals surface area contributed by atoms with Gasteiger partial charge in [-0.15, -0.1) is 0 Å². The number of fused-ring (bicyclic) bond motifs is 1. The highest BCUT2D eigenvalue weighted by atomic mass is 35.5. The van der Waals surface area contributed by atoms with E-state index < -0.39 is 0 Å². The van der Waals surface area contributed by atoms with E-state index in [9.17, 15) is 0 Å². The first-order valence-electron chi connectivity index (χ1n) is 5.17. The Labute approximate surface area is 104 Å². The molecule has 1 unspecified atom stereocenters. The first-order chi connectivity index (χ1) is 7.65. The third-order valence-electron chi connectivity index (χ3n) is 2.63. The SMILES string of the molecule is CCC(NC)c1nc2cc(Cl)c(Cl)cc2[nH]1. The Morgan fingerprint density at radius 1 is 1.38 bits per heavy atom. The van der Waals surface area contributed by atoms with Gasteiger partial charge in [0.05, 0.1) is 27.1 Å². The van der Waals surface area contributed by atoms with Crippen molar-refractivity contribution in [3.63, 3.8) is 0 Å². The fourth-order valence-electron chi connectivity index (χ4n) is 1.72. The van der Waals surface area contributed by atoms with Crippen molar-refractivity contribution in [1.82, 2.24) is 15.3 Å². The van der Waals surface area contributed by atoms with Gasteiger partial charge in [-0.05, 0) is 25.6 Å². The molecule has 3 nitrogen and oxygen atoms in total. The van der Waals surface area contributed by atoms with E-state index in [1.54, 1.807) is 12.1 Å². The number of aromatic amines is 1. The number of nitrogens with zero attached hydrogens (tertiary/aromatic N) is 1. The van der Waals surface area contributed by atoms with Gasteiger partial charge in [-0.2, -0.15) is 0 Å². The summed E-state index contributed by atoms with van der Waals surface area (Å²) >= 11 is 11.9. The molecule has 1 heterocycles. The van der Waals surface area contributed by atoms with Gasteiger partial charge < -0.3 is 10.3 Å². The Bertz CT molecular complexity index is 464. The smallest absolute Gasteiger partial charge is 0.124 e. The highest BCUT2D eigenvalue weighted by Gasteiger charge is 2.12.